The topological polar surface area (TPSA) is 190 Å². The number of amides is 4. The van der Waals surface area contributed by atoms with Crippen LogP contribution in [0.4, 0.5) is 0 Å². The van der Waals surface area contributed by atoms with E-state index in [-0.39, 0.29) is 56.4 Å². The Labute approximate surface area is 414 Å². The number of thiophene rings is 1. The Balaban J connectivity index is 0.783. The monoisotopic (exact) mass is 995 g/mol. The van der Waals surface area contributed by atoms with Crippen LogP contribution in [0, 0.1) is 33.1 Å². The fraction of sp³-hybridized carbons (Fsp3) is 0.460. The fourth-order valence-corrected chi connectivity index (χ4v) is 11.0. The highest BCUT2D eigenvalue weighted by molar-refractivity contribution is 7.15. The molecule has 19 heteroatoms. The third-order valence-electron chi connectivity index (χ3n) is 12.9. The molecule has 0 bridgehead atoms. The first-order valence-electron chi connectivity index (χ1n) is 23.1. The molecule has 1 unspecified atom stereocenters. The summed E-state index contributed by atoms with van der Waals surface area (Å²) in [5.41, 5.74) is 7.74. The summed E-state index contributed by atoms with van der Waals surface area (Å²) in [7, 11) is 0. The molecule has 3 aliphatic rings. The van der Waals surface area contributed by atoms with Crippen LogP contribution in [0.1, 0.15) is 104 Å². The van der Waals surface area contributed by atoms with E-state index in [0.717, 1.165) is 54.9 Å². The predicted molar refractivity (Wildman–Crippen MR) is 265 cm³/mol. The van der Waals surface area contributed by atoms with Crippen molar-refractivity contribution in [2.75, 3.05) is 39.5 Å². The van der Waals surface area contributed by atoms with E-state index in [4.69, 9.17) is 26.1 Å². The zero-order chi connectivity index (χ0) is 49.3. The number of fused-ring (bicyclic) bond motifs is 3. The van der Waals surface area contributed by atoms with Crippen LogP contribution in [0.5, 0.6) is 0 Å². The molecule has 2 saturated heterocycles. The summed E-state index contributed by atoms with van der Waals surface area (Å²) in [5, 5.41) is 16.3. The molecular formula is C50H58ClN9O7S2. The number of halogens is 1. The van der Waals surface area contributed by atoms with Gasteiger partial charge < -0.3 is 29.9 Å². The van der Waals surface area contributed by atoms with Gasteiger partial charge in [-0.3, -0.25) is 33.5 Å². The van der Waals surface area contributed by atoms with E-state index in [1.165, 1.54) is 9.78 Å². The van der Waals surface area contributed by atoms with Crippen molar-refractivity contribution in [3.8, 4) is 15.4 Å². The number of thiazole rings is 1. The second-order valence-corrected chi connectivity index (χ2v) is 21.5. The minimum atomic E-state index is -1.02. The molecule has 2 N–H and O–H groups in total. The van der Waals surface area contributed by atoms with Crippen LogP contribution in [0.3, 0.4) is 0 Å². The van der Waals surface area contributed by atoms with E-state index in [2.05, 4.69) is 39.7 Å². The maximum absolute atomic E-state index is 14.1. The molecule has 3 aromatic heterocycles. The van der Waals surface area contributed by atoms with Crippen LogP contribution in [0.2, 0.25) is 5.02 Å². The number of rotatable bonds is 16. The third-order valence-corrected chi connectivity index (χ3v) is 15.3. The van der Waals surface area contributed by atoms with Gasteiger partial charge in [-0.05, 0) is 75.3 Å². The molecule has 3 aliphatic heterocycles. The van der Waals surface area contributed by atoms with Crippen LogP contribution < -0.4 is 10.6 Å². The lowest BCUT2D eigenvalue weighted by atomic mass is 9.85. The molecule has 6 heterocycles. The molecule has 0 saturated carbocycles. The second kappa shape index (κ2) is 20.7. The number of aryl methyl sites for hydroxylation is 3. The Bertz CT molecular complexity index is 2770. The van der Waals surface area contributed by atoms with Gasteiger partial charge in [0.25, 0.3) is 0 Å². The Morgan fingerprint density at radius 1 is 0.942 bits per heavy atom. The highest BCUT2D eigenvalue weighted by Crippen LogP contribution is 2.40. The molecular weight excluding hydrogens is 938 g/mol. The number of nitrogens with one attached hydrogen (secondary N) is 2. The van der Waals surface area contributed by atoms with Gasteiger partial charge >= 0.3 is 0 Å². The summed E-state index contributed by atoms with van der Waals surface area (Å²) in [6, 6.07) is 12.5. The number of nitrogens with zero attached hydrogens (tertiary/aromatic N) is 7. The standard InChI is InChI=1S/C50H58ClN9O7S2/c1-27-30(4)69-49-42(27)43(33-14-16-35(51)17-15-33)54-38(46-57-56-31(5)60(46)49)21-41(63)58-23-37(24-58)67-19-9-18-66-25-40(62)55-45(50(6,7)8)48(65)59-22-36(61)20-39(59)47(64)53-28(2)32-10-12-34(13-11-32)44-29(3)52-26-68-44/h10-17,26,28,37-39,45H,9,18-25H2,1-8H3,(H,53,64)(H,55,62)/t28-,38-,39-,45?/m0/s1. The van der Waals surface area contributed by atoms with E-state index in [0.29, 0.717) is 37.0 Å². The first-order valence-corrected chi connectivity index (χ1v) is 25.2. The van der Waals surface area contributed by atoms with Crippen molar-refractivity contribution in [2.24, 2.45) is 10.4 Å². The molecule has 0 radical (unpaired) electrons. The first-order chi connectivity index (χ1) is 32.9. The van der Waals surface area contributed by atoms with Crippen molar-refractivity contribution < 1.29 is 33.4 Å². The number of aromatic nitrogens is 4. The lowest BCUT2D eigenvalue weighted by Crippen LogP contribution is -2.58. The van der Waals surface area contributed by atoms with Gasteiger partial charge in [-0.1, -0.05) is 68.8 Å². The molecule has 16 nitrogen and oxygen atoms in total. The number of aliphatic imine (C=N–C) groups is 1. The summed E-state index contributed by atoms with van der Waals surface area (Å²) in [4.78, 5) is 82.2. The van der Waals surface area contributed by atoms with E-state index in [9.17, 15) is 24.0 Å². The van der Waals surface area contributed by atoms with E-state index in [1.54, 1.807) is 27.6 Å². The number of hydrogen-bond donors (Lipinski definition) is 2. The SMILES string of the molecule is Cc1ncsc1-c1ccc([C@H](C)NC(=O)[C@@H]2CC(=O)CN2C(=O)C(NC(=O)COCCCOC2CN(C(=O)C[C@@H]3N=C(c4ccc(Cl)cc4)c4c(sc(C)c4C)-n4c(C)nnc43)C2)C(C)(C)C)cc1. The average molecular weight is 997 g/mol. The molecule has 5 aromatic rings. The minimum absolute atomic E-state index is 0.0595. The van der Waals surface area contributed by atoms with Crippen molar-refractivity contribution in [1.29, 1.82) is 0 Å². The third kappa shape index (κ3) is 10.9. The number of benzene rings is 2. The zero-order valence-corrected chi connectivity index (χ0v) is 42.5. The highest BCUT2D eigenvalue weighted by Gasteiger charge is 2.45. The Kier molecular flexibility index (Phi) is 15.0. The summed E-state index contributed by atoms with van der Waals surface area (Å²) in [5.74, 6) is -0.387. The Hall–Kier alpha value is -5.66. The summed E-state index contributed by atoms with van der Waals surface area (Å²) in [6.45, 7) is 16.3. The second-order valence-electron chi connectivity index (χ2n) is 19.0. The van der Waals surface area contributed by atoms with Crippen molar-refractivity contribution >= 4 is 69.4 Å². The minimum Gasteiger partial charge on any atom is -0.374 e. The fourth-order valence-electron chi connectivity index (χ4n) is 8.82. The van der Waals surface area contributed by atoms with Gasteiger partial charge in [0.05, 0.1) is 46.9 Å². The number of ether oxygens (including phenoxy) is 2. The Morgan fingerprint density at radius 3 is 2.33 bits per heavy atom. The van der Waals surface area contributed by atoms with Gasteiger partial charge in [0.2, 0.25) is 23.6 Å². The van der Waals surface area contributed by atoms with Gasteiger partial charge in [0.1, 0.15) is 35.6 Å². The maximum Gasteiger partial charge on any atom is 0.246 e. The van der Waals surface area contributed by atoms with Gasteiger partial charge in [0.15, 0.2) is 11.6 Å². The summed E-state index contributed by atoms with van der Waals surface area (Å²) < 4.78 is 13.7. The smallest absolute Gasteiger partial charge is 0.246 e. The first kappa shape index (κ1) is 49.8. The van der Waals surface area contributed by atoms with E-state index in [1.807, 2.05) is 100 Å². The molecule has 4 atom stereocenters. The maximum atomic E-state index is 14.1. The van der Waals surface area contributed by atoms with Crippen molar-refractivity contribution in [1.82, 2.24) is 40.2 Å². The van der Waals surface area contributed by atoms with Gasteiger partial charge in [-0.2, -0.15) is 0 Å². The van der Waals surface area contributed by atoms with Crippen molar-refractivity contribution in [2.45, 2.75) is 105 Å². The molecule has 8 rings (SSSR count). The predicted octanol–water partition coefficient (Wildman–Crippen LogP) is 6.83. The van der Waals surface area contributed by atoms with E-state index >= 15 is 0 Å². The van der Waals surface area contributed by atoms with Gasteiger partial charge in [-0.15, -0.1) is 32.9 Å². The van der Waals surface area contributed by atoms with Crippen molar-refractivity contribution in [3.05, 3.63) is 104 Å². The zero-order valence-electron chi connectivity index (χ0n) is 40.1. The van der Waals surface area contributed by atoms with E-state index < -0.39 is 41.3 Å². The molecule has 364 valence electrons. The molecule has 0 spiro atoms. The van der Waals surface area contributed by atoms with Crippen LogP contribution in [0.25, 0.3) is 15.4 Å². The van der Waals surface area contributed by atoms with Crippen LogP contribution in [-0.4, -0.2) is 122 Å². The van der Waals surface area contributed by atoms with Crippen LogP contribution in [-0.2, 0) is 33.4 Å². The number of hydrogen-bond acceptors (Lipinski definition) is 13. The number of carbonyl (C=O) groups is 5. The molecule has 69 heavy (non-hydrogen) atoms. The number of ketones is 1. The number of carbonyl (C=O) groups excluding carboxylic acids is 5. The number of Topliss-reactive ketones (excluding diaryl/α,β-unsaturated/α-hetero) is 1. The van der Waals surface area contributed by atoms with Gasteiger partial charge in [-0.25, -0.2) is 4.98 Å². The molecule has 0 aliphatic carbocycles. The van der Waals surface area contributed by atoms with Gasteiger partial charge in [0, 0.05) is 53.8 Å². The molecule has 2 fully saturated rings. The number of likely N-dealkylation sites (tertiary alicyclic amines) is 2. The largest absolute Gasteiger partial charge is 0.374 e. The lowest BCUT2D eigenvalue weighted by molar-refractivity contribution is -0.146. The van der Waals surface area contributed by atoms with Crippen LogP contribution in [0.15, 0.2) is 59.0 Å². The summed E-state index contributed by atoms with van der Waals surface area (Å²) >= 11 is 9.48. The quantitative estimate of drug-likeness (QED) is 0.0992. The summed E-state index contributed by atoms with van der Waals surface area (Å²) in [6.07, 6.45) is 0.367. The Morgan fingerprint density at radius 2 is 1.65 bits per heavy atom. The normalized spacial score (nSPS) is 17.9. The average Bonchev–Trinajstić information content (AvgIpc) is 4.06. The highest BCUT2D eigenvalue weighted by atomic mass is 35.5. The molecule has 2 aromatic carbocycles. The lowest BCUT2D eigenvalue weighted by Gasteiger charge is -2.39. The van der Waals surface area contributed by atoms with Crippen LogP contribution >= 0.6 is 34.3 Å². The van der Waals surface area contributed by atoms with Crippen molar-refractivity contribution in [3.63, 3.8) is 0 Å². The molecule has 4 amide bonds.